The summed E-state index contributed by atoms with van der Waals surface area (Å²) in [6.07, 6.45) is 1.21. The molecule has 0 atom stereocenters. The molecule has 1 heterocycles. The molecule has 3 rings (SSSR count). The molecule has 94 valence electrons. The Morgan fingerprint density at radius 1 is 1.16 bits per heavy atom. The summed E-state index contributed by atoms with van der Waals surface area (Å²) in [4.78, 5) is 18.8. The molecule has 0 radical (unpaired) electrons. The molecule has 0 aliphatic rings. The number of anilines is 2. The highest BCUT2D eigenvalue weighted by Gasteiger charge is 2.06. The molecule has 0 aliphatic heterocycles. The molecule has 4 nitrogen and oxygen atoms in total. The van der Waals surface area contributed by atoms with Gasteiger partial charge in [0, 0.05) is 18.4 Å². The second-order valence-electron chi connectivity index (χ2n) is 4.27. The molecular formula is C15H13N3O. The lowest BCUT2D eigenvalue weighted by molar-refractivity contribution is 1.16. The molecule has 0 saturated heterocycles. The van der Waals surface area contributed by atoms with Crippen LogP contribution in [0.1, 0.15) is 0 Å². The second-order valence-corrected chi connectivity index (χ2v) is 4.27. The summed E-state index contributed by atoms with van der Waals surface area (Å²) in [5, 5.41) is 0.447. The summed E-state index contributed by atoms with van der Waals surface area (Å²) >= 11 is 0. The first-order valence-corrected chi connectivity index (χ1v) is 5.96. The normalized spacial score (nSPS) is 11.3. The summed E-state index contributed by atoms with van der Waals surface area (Å²) < 4.78 is 7.47. The highest BCUT2D eigenvalue weighted by Crippen LogP contribution is 2.24. The third-order valence-electron chi connectivity index (χ3n) is 3.11. The summed E-state index contributed by atoms with van der Waals surface area (Å²) in [6, 6.07) is 15.4. The van der Waals surface area contributed by atoms with Crippen LogP contribution in [0.3, 0.4) is 0 Å². The minimum atomic E-state index is -0.363. The number of nitrogens with zero attached hydrogens (tertiary/aromatic N) is 2. The van der Waals surface area contributed by atoms with Crippen LogP contribution in [0.4, 0.5) is 11.4 Å². The minimum Gasteiger partial charge on any atom is -0.345 e. The van der Waals surface area contributed by atoms with Gasteiger partial charge in [-0.05, 0) is 30.3 Å². The summed E-state index contributed by atoms with van der Waals surface area (Å²) in [6.45, 7) is 0. The number of H-pyrrole nitrogens is 1. The van der Waals surface area contributed by atoms with Crippen molar-refractivity contribution in [2.45, 2.75) is 0 Å². The summed E-state index contributed by atoms with van der Waals surface area (Å²) in [7, 11) is 1.94. The minimum absolute atomic E-state index is 0.363. The van der Waals surface area contributed by atoms with E-state index in [1.165, 1.54) is 6.33 Å². The first kappa shape index (κ1) is 10.3. The number of rotatable bonds is 2. The smallest absolute Gasteiger partial charge is 0.258 e. The Hall–Kier alpha value is -2.62. The highest BCUT2D eigenvalue weighted by molar-refractivity contribution is 5.82. The number of hydrogen-bond donors (Lipinski definition) is 1. The van der Waals surface area contributed by atoms with E-state index in [0.29, 0.717) is 10.9 Å². The van der Waals surface area contributed by atoms with Gasteiger partial charge >= 0.3 is 0 Å². The number of para-hydroxylation sites is 1. The van der Waals surface area contributed by atoms with E-state index in [-0.39, 0.29) is 5.56 Å². The Morgan fingerprint density at radius 3 is 2.74 bits per heavy atom. The fourth-order valence-electron chi connectivity index (χ4n) is 2.03. The fourth-order valence-corrected chi connectivity index (χ4v) is 2.03. The van der Waals surface area contributed by atoms with Gasteiger partial charge < -0.3 is 9.88 Å². The molecule has 4 heteroatoms. The van der Waals surface area contributed by atoms with E-state index in [0.717, 1.165) is 16.4 Å². The molecule has 19 heavy (non-hydrogen) atoms. The van der Waals surface area contributed by atoms with Gasteiger partial charge in [-0.25, -0.2) is 4.98 Å². The summed E-state index contributed by atoms with van der Waals surface area (Å²) in [5.74, 6) is 0. The van der Waals surface area contributed by atoms with Crippen molar-refractivity contribution in [2.75, 3.05) is 11.9 Å². The standard InChI is InChI=1S/C15H13N3O/c1-18(11-5-3-2-4-6-11)12-7-8-14-13(9-12)15(19)17-10-16-14/h2-10H,1H3,(H,16,17,19)/i/hD. The largest absolute Gasteiger partial charge is 0.345 e. The van der Waals surface area contributed by atoms with Crippen LogP contribution in [0.5, 0.6) is 0 Å². The van der Waals surface area contributed by atoms with Crippen LogP contribution >= 0.6 is 0 Å². The van der Waals surface area contributed by atoms with Crippen molar-refractivity contribution in [2.24, 2.45) is 0 Å². The number of benzene rings is 2. The average molecular weight is 252 g/mol. The Labute approximate surface area is 111 Å². The van der Waals surface area contributed by atoms with Crippen molar-refractivity contribution in [3.63, 3.8) is 0 Å². The third kappa shape index (κ3) is 2.08. The maximum absolute atomic E-state index is 12.0. The Bertz CT molecular complexity index is 814. The maximum Gasteiger partial charge on any atom is 0.258 e. The molecule has 0 fully saturated rings. The van der Waals surface area contributed by atoms with Gasteiger partial charge in [-0.3, -0.25) is 4.79 Å². The van der Waals surface area contributed by atoms with Crippen molar-refractivity contribution < 1.29 is 1.41 Å². The van der Waals surface area contributed by atoms with Crippen molar-refractivity contribution in [3.8, 4) is 0 Å². The second kappa shape index (κ2) is 4.57. The van der Waals surface area contributed by atoms with E-state index < -0.39 is 0 Å². The lowest BCUT2D eigenvalue weighted by Gasteiger charge is -2.19. The first-order chi connectivity index (χ1) is 9.66. The zero-order chi connectivity index (χ0) is 14.1. The van der Waals surface area contributed by atoms with Gasteiger partial charge in [-0.1, -0.05) is 18.2 Å². The molecule has 1 aromatic heterocycles. The number of aromatic nitrogens is 2. The van der Waals surface area contributed by atoms with Crippen LogP contribution in [0.15, 0.2) is 59.7 Å². The zero-order valence-corrected chi connectivity index (χ0v) is 10.4. The monoisotopic (exact) mass is 252 g/mol. The Kier molecular flexibility index (Phi) is 2.48. The van der Waals surface area contributed by atoms with E-state index in [1.54, 1.807) is 12.1 Å². The molecule has 0 aliphatic carbocycles. The number of fused-ring (bicyclic) bond motifs is 1. The summed E-state index contributed by atoms with van der Waals surface area (Å²) in [5.41, 5.74) is 2.15. The van der Waals surface area contributed by atoms with Crippen LogP contribution in [-0.2, 0) is 0 Å². The van der Waals surface area contributed by atoms with Gasteiger partial charge in [0.1, 0.15) is 0 Å². The van der Waals surface area contributed by atoms with Crippen LogP contribution in [0.25, 0.3) is 10.9 Å². The van der Waals surface area contributed by atoms with Crippen LogP contribution in [-0.4, -0.2) is 17.0 Å². The molecule has 0 amide bonds. The third-order valence-corrected chi connectivity index (χ3v) is 3.11. The predicted octanol–water partition coefficient (Wildman–Crippen LogP) is 2.69. The van der Waals surface area contributed by atoms with E-state index in [1.807, 2.05) is 48.3 Å². The van der Waals surface area contributed by atoms with Gasteiger partial charge in [0.05, 0.1) is 17.2 Å². The fraction of sp³-hybridized carbons (Fsp3) is 0.0667. The Morgan fingerprint density at radius 2 is 1.95 bits per heavy atom. The molecule has 2 aromatic carbocycles. The van der Waals surface area contributed by atoms with Crippen molar-refractivity contribution in [3.05, 3.63) is 65.2 Å². The van der Waals surface area contributed by atoms with Crippen molar-refractivity contribution in [1.82, 2.24) is 9.96 Å². The van der Waals surface area contributed by atoms with Crippen LogP contribution in [0.2, 0.25) is 1.41 Å². The van der Waals surface area contributed by atoms with Crippen molar-refractivity contribution in [1.29, 1.82) is 0 Å². The van der Waals surface area contributed by atoms with Gasteiger partial charge in [-0.2, -0.15) is 0 Å². The molecule has 1 N–H and O–H groups in total. The van der Waals surface area contributed by atoms with Crippen LogP contribution < -0.4 is 10.5 Å². The zero-order valence-electron chi connectivity index (χ0n) is 11.4. The SMILES string of the molecule is [2H]n1cnc2ccc(N(C)c3ccccc3)cc2c1=O. The highest BCUT2D eigenvalue weighted by atomic mass is 16.1. The quantitative estimate of drug-likeness (QED) is 0.762. The van der Waals surface area contributed by atoms with Gasteiger partial charge in [0.2, 0.25) is 0 Å². The predicted molar refractivity (Wildman–Crippen MR) is 76.9 cm³/mol. The number of aromatic amines is 1. The van der Waals surface area contributed by atoms with E-state index in [2.05, 4.69) is 4.98 Å². The molecule has 3 aromatic rings. The van der Waals surface area contributed by atoms with Gasteiger partial charge in [0.15, 0.2) is 1.41 Å². The lowest BCUT2D eigenvalue weighted by Crippen LogP contribution is -2.11. The topological polar surface area (TPSA) is 49.0 Å². The molecule has 0 unspecified atom stereocenters. The van der Waals surface area contributed by atoms with E-state index >= 15 is 0 Å². The molecule has 0 bridgehead atoms. The van der Waals surface area contributed by atoms with Gasteiger partial charge in [-0.15, -0.1) is 0 Å². The number of nitrogens with one attached hydrogen (secondary N) is 1. The molecular weight excluding hydrogens is 238 g/mol. The van der Waals surface area contributed by atoms with Gasteiger partial charge in [0.25, 0.3) is 5.56 Å². The van der Waals surface area contributed by atoms with Crippen molar-refractivity contribution >= 4 is 22.3 Å². The molecule has 0 spiro atoms. The Balaban J connectivity index is 2.14. The lowest BCUT2D eigenvalue weighted by atomic mass is 10.2. The maximum atomic E-state index is 12.0. The van der Waals surface area contributed by atoms with Crippen LogP contribution in [0, 0.1) is 0 Å². The molecule has 0 saturated carbocycles. The van der Waals surface area contributed by atoms with E-state index in [4.69, 9.17) is 1.41 Å². The first-order valence-electron chi connectivity index (χ1n) is 6.41. The van der Waals surface area contributed by atoms with E-state index in [9.17, 15) is 4.79 Å². The average Bonchev–Trinajstić information content (AvgIpc) is 2.51. The number of hydrogen-bond acceptors (Lipinski definition) is 3.